The first-order valence-electron chi connectivity index (χ1n) is 6.88. The van der Waals surface area contributed by atoms with E-state index in [1.165, 1.54) is 18.4 Å². The van der Waals surface area contributed by atoms with Crippen molar-refractivity contribution in [3.05, 3.63) is 35.2 Å². The highest BCUT2D eigenvalue weighted by Gasteiger charge is 2.21. The van der Waals surface area contributed by atoms with Crippen LogP contribution in [0.15, 0.2) is 22.7 Å². The van der Waals surface area contributed by atoms with Gasteiger partial charge in [0.2, 0.25) is 0 Å². The number of hydrogen-bond acceptors (Lipinski definition) is 4. The van der Waals surface area contributed by atoms with Crippen molar-refractivity contribution >= 4 is 0 Å². The Kier molecular flexibility index (Phi) is 3.34. The minimum Gasteiger partial charge on any atom is -0.334 e. The lowest BCUT2D eigenvalue weighted by Gasteiger charge is -2.19. The van der Waals surface area contributed by atoms with E-state index in [4.69, 9.17) is 4.52 Å². The molecule has 4 heteroatoms. The molecule has 0 aliphatic carbocycles. The number of aryl methyl sites for hydroxylation is 2. The van der Waals surface area contributed by atoms with Crippen molar-refractivity contribution in [1.29, 1.82) is 0 Å². The normalized spacial score (nSPS) is 19.6. The van der Waals surface area contributed by atoms with E-state index in [0.29, 0.717) is 5.89 Å². The van der Waals surface area contributed by atoms with Crippen LogP contribution in [0.3, 0.4) is 0 Å². The molecule has 1 aliphatic heterocycles. The standard InChI is InChI=1S/C15H19N3O/c1-10-6-7-11(2)12(9-10)15-17-14(18-19-15)13-5-3-4-8-16-13/h6-7,9,13,16H,3-5,8H2,1-2H3. The van der Waals surface area contributed by atoms with Crippen molar-refractivity contribution < 1.29 is 4.52 Å². The van der Waals surface area contributed by atoms with E-state index in [9.17, 15) is 0 Å². The summed E-state index contributed by atoms with van der Waals surface area (Å²) in [7, 11) is 0. The molecule has 2 aromatic rings. The van der Waals surface area contributed by atoms with E-state index in [1.54, 1.807) is 0 Å². The summed E-state index contributed by atoms with van der Waals surface area (Å²) >= 11 is 0. The third-order valence-electron chi connectivity index (χ3n) is 3.69. The first kappa shape index (κ1) is 12.4. The largest absolute Gasteiger partial charge is 0.334 e. The van der Waals surface area contributed by atoms with Gasteiger partial charge in [0.25, 0.3) is 5.89 Å². The van der Waals surface area contributed by atoms with Crippen LogP contribution in [-0.4, -0.2) is 16.7 Å². The van der Waals surface area contributed by atoms with Crippen LogP contribution in [0, 0.1) is 13.8 Å². The van der Waals surface area contributed by atoms with Gasteiger partial charge in [0.1, 0.15) is 0 Å². The highest BCUT2D eigenvalue weighted by molar-refractivity contribution is 5.59. The highest BCUT2D eigenvalue weighted by atomic mass is 16.5. The Balaban J connectivity index is 1.89. The van der Waals surface area contributed by atoms with Crippen molar-refractivity contribution in [2.75, 3.05) is 6.54 Å². The van der Waals surface area contributed by atoms with Gasteiger partial charge in [0.15, 0.2) is 5.82 Å². The van der Waals surface area contributed by atoms with Gasteiger partial charge in [0, 0.05) is 5.56 Å². The summed E-state index contributed by atoms with van der Waals surface area (Å²) in [4.78, 5) is 4.57. The molecule has 1 aliphatic rings. The lowest BCUT2D eigenvalue weighted by Crippen LogP contribution is -2.27. The minimum absolute atomic E-state index is 0.247. The van der Waals surface area contributed by atoms with Gasteiger partial charge in [0.05, 0.1) is 6.04 Å². The summed E-state index contributed by atoms with van der Waals surface area (Å²) in [5.41, 5.74) is 3.41. The fourth-order valence-electron chi connectivity index (χ4n) is 2.52. The van der Waals surface area contributed by atoms with Gasteiger partial charge >= 0.3 is 0 Å². The quantitative estimate of drug-likeness (QED) is 0.897. The van der Waals surface area contributed by atoms with Gasteiger partial charge in [-0.2, -0.15) is 4.98 Å². The molecule has 0 radical (unpaired) electrons. The van der Waals surface area contributed by atoms with E-state index < -0.39 is 0 Å². The average Bonchev–Trinajstić information content (AvgIpc) is 2.92. The maximum absolute atomic E-state index is 5.44. The van der Waals surface area contributed by atoms with Crippen molar-refractivity contribution in [3.8, 4) is 11.5 Å². The first-order valence-corrected chi connectivity index (χ1v) is 6.88. The molecule has 0 amide bonds. The molecule has 19 heavy (non-hydrogen) atoms. The number of rotatable bonds is 2. The minimum atomic E-state index is 0.247. The van der Waals surface area contributed by atoms with Crippen molar-refractivity contribution in [1.82, 2.24) is 15.5 Å². The zero-order valence-corrected chi connectivity index (χ0v) is 11.4. The molecule has 1 fully saturated rings. The molecular weight excluding hydrogens is 238 g/mol. The van der Waals surface area contributed by atoms with Gasteiger partial charge in [-0.25, -0.2) is 0 Å². The molecule has 1 N–H and O–H groups in total. The van der Waals surface area contributed by atoms with Gasteiger partial charge < -0.3 is 9.84 Å². The van der Waals surface area contributed by atoms with Crippen LogP contribution < -0.4 is 5.32 Å². The summed E-state index contributed by atoms with van der Waals surface area (Å²) in [6, 6.07) is 6.53. The molecule has 2 heterocycles. The fraction of sp³-hybridized carbons (Fsp3) is 0.467. The fourth-order valence-corrected chi connectivity index (χ4v) is 2.52. The lowest BCUT2D eigenvalue weighted by molar-refractivity contribution is 0.367. The Morgan fingerprint density at radius 3 is 2.95 bits per heavy atom. The Morgan fingerprint density at radius 1 is 1.26 bits per heavy atom. The number of hydrogen-bond donors (Lipinski definition) is 1. The molecular formula is C15H19N3O. The highest BCUT2D eigenvalue weighted by Crippen LogP contribution is 2.26. The smallest absolute Gasteiger partial charge is 0.258 e. The summed E-state index contributed by atoms with van der Waals surface area (Å²) in [6.45, 7) is 5.18. The first-order chi connectivity index (χ1) is 9.24. The SMILES string of the molecule is Cc1ccc(C)c(-c2nc(C3CCCCN3)no2)c1. The number of benzene rings is 1. The molecule has 1 aromatic heterocycles. The monoisotopic (exact) mass is 257 g/mol. The molecule has 1 saturated heterocycles. The van der Waals surface area contributed by atoms with Crippen LogP contribution in [-0.2, 0) is 0 Å². The van der Waals surface area contributed by atoms with Crippen molar-refractivity contribution in [3.63, 3.8) is 0 Å². The Bertz CT molecular complexity index is 571. The van der Waals surface area contributed by atoms with Crippen LogP contribution in [0.1, 0.15) is 42.3 Å². The molecule has 1 atom stereocenters. The van der Waals surface area contributed by atoms with Crippen LogP contribution >= 0.6 is 0 Å². The van der Waals surface area contributed by atoms with Gasteiger partial charge in [-0.3, -0.25) is 0 Å². The van der Waals surface area contributed by atoms with Crippen LogP contribution in [0.5, 0.6) is 0 Å². The number of nitrogens with zero attached hydrogens (tertiary/aromatic N) is 2. The van der Waals surface area contributed by atoms with Gasteiger partial charge in [-0.05, 0) is 44.9 Å². The molecule has 100 valence electrons. The maximum atomic E-state index is 5.44. The van der Waals surface area contributed by atoms with E-state index in [1.807, 2.05) is 0 Å². The second kappa shape index (κ2) is 5.13. The van der Waals surface area contributed by atoms with Crippen molar-refractivity contribution in [2.45, 2.75) is 39.2 Å². The molecule has 1 unspecified atom stereocenters. The second-order valence-corrected chi connectivity index (χ2v) is 5.28. The summed E-state index contributed by atoms with van der Waals surface area (Å²) in [5, 5.41) is 7.58. The average molecular weight is 257 g/mol. The zero-order valence-electron chi connectivity index (χ0n) is 11.4. The molecule has 0 saturated carbocycles. The topological polar surface area (TPSA) is 51.0 Å². The number of aromatic nitrogens is 2. The molecule has 4 nitrogen and oxygen atoms in total. The molecule has 0 spiro atoms. The molecule has 3 rings (SSSR count). The van der Waals surface area contributed by atoms with E-state index in [2.05, 4.69) is 47.5 Å². The van der Waals surface area contributed by atoms with Gasteiger partial charge in [-0.1, -0.05) is 29.3 Å². The number of nitrogens with one attached hydrogen (secondary N) is 1. The predicted octanol–water partition coefficient (Wildman–Crippen LogP) is 3.17. The third kappa shape index (κ3) is 2.54. The van der Waals surface area contributed by atoms with Gasteiger partial charge in [-0.15, -0.1) is 0 Å². The lowest BCUT2D eigenvalue weighted by atomic mass is 10.0. The maximum Gasteiger partial charge on any atom is 0.258 e. The Labute approximate surface area is 113 Å². The van der Waals surface area contributed by atoms with Crippen LogP contribution in [0.4, 0.5) is 0 Å². The van der Waals surface area contributed by atoms with Crippen LogP contribution in [0.2, 0.25) is 0 Å². The summed E-state index contributed by atoms with van der Waals surface area (Å²) in [6.07, 6.45) is 3.55. The zero-order chi connectivity index (χ0) is 13.2. The van der Waals surface area contributed by atoms with Crippen LogP contribution in [0.25, 0.3) is 11.5 Å². The third-order valence-corrected chi connectivity index (χ3v) is 3.69. The van der Waals surface area contributed by atoms with E-state index in [-0.39, 0.29) is 6.04 Å². The summed E-state index contributed by atoms with van der Waals surface area (Å²) in [5.74, 6) is 1.42. The Hall–Kier alpha value is -1.68. The molecule has 1 aromatic carbocycles. The predicted molar refractivity (Wildman–Crippen MR) is 73.8 cm³/mol. The summed E-state index contributed by atoms with van der Waals surface area (Å²) < 4.78 is 5.44. The number of piperidine rings is 1. The van der Waals surface area contributed by atoms with E-state index in [0.717, 1.165) is 29.9 Å². The van der Waals surface area contributed by atoms with Crippen molar-refractivity contribution in [2.24, 2.45) is 0 Å². The Morgan fingerprint density at radius 2 is 2.16 bits per heavy atom. The molecule has 0 bridgehead atoms. The second-order valence-electron chi connectivity index (χ2n) is 5.28. The van der Waals surface area contributed by atoms with E-state index >= 15 is 0 Å².